The number of anilines is 2. The zero-order valence-corrected chi connectivity index (χ0v) is 12.9. The molecule has 3 rings (SSSR count). The van der Waals surface area contributed by atoms with E-state index in [1.54, 1.807) is 30.3 Å². The Hall–Kier alpha value is -2.61. The average Bonchev–Trinajstić information content (AvgIpc) is 2.55. The molecule has 0 N–H and O–H groups in total. The van der Waals surface area contributed by atoms with Crippen molar-refractivity contribution in [3.05, 3.63) is 66.7 Å². The summed E-state index contributed by atoms with van der Waals surface area (Å²) in [6.45, 7) is 0. The molecule has 8 heteroatoms. The van der Waals surface area contributed by atoms with E-state index in [1.807, 2.05) is 0 Å². The fraction of sp³-hybridized carbons (Fsp3) is 0.0625. The van der Waals surface area contributed by atoms with Crippen molar-refractivity contribution in [2.24, 2.45) is 0 Å². The van der Waals surface area contributed by atoms with Crippen LogP contribution in [0.15, 0.2) is 66.7 Å². The molecule has 0 saturated carbocycles. The van der Waals surface area contributed by atoms with Gasteiger partial charge in [-0.3, -0.25) is 0 Å². The van der Waals surface area contributed by atoms with Crippen molar-refractivity contribution >= 4 is 32.4 Å². The number of rotatable bonds is 3. The maximum Gasteiger partial charge on any atom is 0.517 e. The first-order valence-electron chi connectivity index (χ1n) is 6.83. The number of pyridine rings is 1. The van der Waals surface area contributed by atoms with Gasteiger partial charge in [-0.15, -0.1) is 0 Å². The Labute approximate surface area is 136 Å². The molecule has 0 amide bonds. The van der Waals surface area contributed by atoms with E-state index in [1.165, 1.54) is 36.4 Å². The average molecular weight is 352 g/mol. The number of hydrogen-bond donors (Lipinski definition) is 0. The zero-order valence-electron chi connectivity index (χ0n) is 12.1. The van der Waals surface area contributed by atoms with Crippen LogP contribution in [0.3, 0.4) is 0 Å². The number of halogens is 3. The molecule has 0 fully saturated rings. The van der Waals surface area contributed by atoms with Crippen LogP contribution in [0.2, 0.25) is 0 Å². The van der Waals surface area contributed by atoms with Crippen molar-refractivity contribution in [2.75, 3.05) is 4.31 Å². The second kappa shape index (κ2) is 5.79. The first-order valence-corrected chi connectivity index (χ1v) is 8.27. The van der Waals surface area contributed by atoms with Crippen LogP contribution in [-0.4, -0.2) is 18.9 Å². The SMILES string of the molecule is O=S(=O)(N(c1ccccc1)c1ccc2ccccc2n1)C(F)(F)F. The highest BCUT2D eigenvalue weighted by atomic mass is 32.2. The van der Waals surface area contributed by atoms with E-state index >= 15 is 0 Å². The lowest BCUT2D eigenvalue weighted by Gasteiger charge is -2.24. The normalized spacial score (nSPS) is 12.3. The molecular weight excluding hydrogens is 341 g/mol. The molecule has 0 atom stereocenters. The van der Waals surface area contributed by atoms with Crippen LogP contribution < -0.4 is 4.31 Å². The van der Waals surface area contributed by atoms with Crippen LogP contribution >= 0.6 is 0 Å². The number of sulfonamides is 1. The Morgan fingerprint density at radius 3 is 2.12 bits per heavy atom. The number of hydrogen-bond acceptors (Lipinski definition) is 3. The molecule has 2 aromatic carbocycles. The highest BCUT2D eigenvalue weighted by Gasteiger charge is 2.51. The van der Waals surface area contributed by atoms with Gasteiger partial charge >= 0.3 is 15.5 Å². The number of para-hydroxylation sites is 2. The quantitative estimate of drug-likeness (QED) is 0.709. The number of nitrogens with zero attached hydrogens (tertiary/aromatic N) is 2. The van der Waals surface area contributed by atoms with E-state index in [0.29, 0.717) is 10.9 Å². The molecule has 0 saturated heterocycles. The minimum atomic E-state index is -5.64. The van der Waals surface area contributed by atoms with Crippen LogP contribution in [0, 0.1) is 0 Å². The van der Waals surface area contributed by atoms with Gasteiger partial charge in [0.15, 0.2) is 0 Å². The molecule has 0 aliphatic carbocycles. The monoisotopic (exact) mass is 352 g/mol. The number of fused-ring (bicyclic) bond motifs is 1. The topological polar surface area (TPSA) is 50.3 Å². The predicted molar refractivity (Wildman–Crippen MR) is 85.3 cm³/mol. The predicted octanol–water partition coefficient (Wildman–Crippen LogP) is 4.22. The smallest absolute Gasteiger partial charge is 0.229 e. The van der Waals surface area contributed by atoms with E-state index < -0.39 is 15.5 Å². The first kappa shape index (κ1) is 16.3. The lowest BCUT2D eigenvalue weighted by atomic mass is 10.2. The minimum Gasteiger partial charge on any atom is -0.229 e. The molecule has 24 heavy (non-hydrogen) atoms. The Balaban J connectivity index is 2.24. The summed E-state index contributed by atoms with van der Waals surface area (Å²) in [5.41, 5.74) is -5.19. The fourth-order valence-electron chi connectivity index (χ4n) is 2.23. The summed E-state index contributed by atoms with van der Waals surface area (Å²) >= 11 is 0. The van der Waals surface area contributed by atoms with E-state index in [9.17, 15) is 21.6 Å². The van der Waals surface area contributed by atoms with Crippen LogP contribution in [0.25, 0.3) is 10.9 Å². The summed E-state index contributed by atoms with van der Waals surface area (Å²) in [5.74, 6) is -0.322. The highest BCUT2D eigenvalue weighted by Crippen LogP contribution is 2.36. The Kier molecular flexibility index (Phi) is 3.92. The maximum atomic E-state index is 13.1. The third-order valence-corrected chi connectivity index (χ3v) is 4.78. The summed E-state index contributed by atoms with van der Waals surface area (Å²) in [6, 6.07) is 16.6. The molecular formula is C16H11F3N2O2S. The molecule has 0 aliphatic rings. The van der Waals surface area contributed by atoms with Crippen molar-refractivity contribution in [1.82, 2.24) is 4.98 Å². The summed E-state index contributed by atoms with van der Waals surface area (Å²) < 4.78 is 63.6. The van der Waals surface area contributed by atoms with Gasteiger partial charge in [0.1, 0.15) is 5.82 Å². The number of aromatic nitrogens is 1. The maximum absolute atomic E-state index is 13.1. The molecule has 1 heterocycles. The summed E-state index contributed by atoms with van der Waals surface area (Å²) in [7, 11) is -5.64. The first-order chi connectivity index (χ1) is 11.3. The van der Waals surface area contributed by atoms with E-state index in [-0.39, 0.29) is 15.8 Å². The Bertz CT molecular complexity index is 973. The van der Waals surface area contributed by atoms with E-state index in [4.69, 9.17) is 0 Å². The Morgan fingerprint density at radius 2 is 1.46 bits per heavy atom. The summed E-state index contributed by atoms with van der Waals surface area (Å²) in [5, 5.41) is 0.693. The third kappa shape index (κ3) is 2.80. The molecule has 124 valence electrons. The second-order valence-corrected chi connectivity index (χ2v) is 6.69. The standard InChI is InChI=1S/C16H11F3N2O2S/c17-16(18,19)24(22,23)21(13-7-2-1-3-8-13)15-11-10-12-6-4-5-9-14(12)20-15/h1-11H. The molecule has 4 nitrogen and oxygen atoms in total. The van der Waals surface area contributed by atoms with E-state index in [0.717, 1.165) is 0 Å². The minimum absolute atomic E-state index is 0.141. The van der Waals surface area contributed by atoms with Crippen molar-refractivity contribution in [2.45, 2.75) is 5.51 Å². The number of benzene rings is 2. The molecule has 0 radical (unpaired) electrons. The van der Waals surface area contributed by atoms with Crippen molar-refractivity contribution in [3.63, 3.8) is 0 Å². The van der Waals surface area contributed by atoms with Gasteiger partial charge in [0.05, 0.1) is 11.2 Å². The van der Waals surface area contributed by atoms with Gasteiger partial charge in [0.2, 0.25) is 0 Å². The third-order valence-electron chi connectivity index (χ3n) is 3.32. The second-order valence-electron chi connectivity index (χ2n) is 4.91. The highest BCUT2D eigenvalue weighted by molar-refractivity contribution is 7.94. The van der Waals surface area contributed by atoms with Gasteiger partial charge in [-0.05, 0) is 30.3 Å². The van der Waals surface area contributed by atoms with Gasteiger partial charge in [-0.2, -0.15) is 21.6 Å². The van der Waals surface area contributed by atoms with Crippen molar-refractivity contribution < 1.29 is 21.6 Å². The lowest BCUT2D eigenvalue weighted by Crippen LogP contribution is -2.38. The van der Waals surface area contributed by atoms with Crippen LogP contribution in [-0.2, 0) is 10.0 Å². The van der Waals surface area contributed by atoms with Crippen molar-refractivity contribution in [3.8, 4) is 0 Å². The van der Waals surface area contributed by atoms with Crippen LogP contribution in [0.4, 0.5) is 24.7 Å². The van der Waals surface area contributed by atoms with E-state index in [2.05, 4.69) is 4.98 Å². The molecule has 0 unspecified atom stereocenters. The fourth-order valence-corrected chi connectivity index (χ4v) is 3.18. The molecule has 0 bridgehead atoms. The van der Waals surface area contributed by atoms with Gasteiger partial charge in [0.25, 0.3) is 0 Å². The Morgan fingerprint density at radius 1 is 0.833 bits per heavy atom. The molecule has 0 spiro atoms. The molecule has 3 aromatic rings. The van der Waals surface area contributed by atoms with Crippen LogP contribution in [0.1, 0.15) is 0 Å². The van der Waals surface area contributed by atoms with Gasteiger partial charge in [-0.1, -0.05) is 36.4 Å². The van der Waals surface area contributed by atoms with Gasteiger partial charge < -0.3 is 0 Å². The molecule has 1 aromatic heterocycles. The van der Waals surface area contributed by atoms with Gasteiger partial charge in [0, 0.05) is 5.39 Å². The summed E-state index contributed by atoms with van der Waals surface area (Å²) in [6.07, 6.45) is 0. The van der Waals surface area contributed by atoms with Crippen LogP contribution in [0.5, 0.6) is 0 Å². The van der Waals surface area contributed by atoms with Gasteiger partial charge in [-0.25, -0.2) is 9.29 Å². The lowest BCUT2D eigenvalue weighted by molar-refractivity contribution is -0.0435. The number of alkyl halides is 3. The summed E-state index contributed by atoms with van der Waals surface area (Å²) in [4.78, 5) is 4.08. The molecule has 0 aliphatic heterocycles. The van der Waals surface area contributed by atoms with Crippen molar-refractivity contribution in [1.29, 1.82) is 0 Å². The largest absolute Gasteiger partial charge is 0.517 e. The zero-order chi connectivity index (χ0) is 17.4.